The molecule has 3 fully saturated rings. The predicted octanol–water partition coefficient (Wildman–Crippen LogP) is 1.80. The van der Waals surface area contributed by atoms with Crippen molar-refractivity contribution in [3.63, 3.8) is 0 Å². The van der Waals surface area contributed by atoms with Gasteiger partial charge in [0.25, 0.3) is 0 Å². The molecule has 0 aromatic carbocycles. The van der Waals surface area contributed by atoms with Gasteiger partial charge in [0.15, 0.2) is 5.78 Å². The van der Waals surface area contributed by atoms with Crippen molar-refractivity contribution in [2.45, 2.75) is 109 Å². The highest BCUT2D eigenvalue weighted by Crippen LogP contribution is 2.68. The zero-order chi connectivity index (χ0) is 26.1. The molecule has 11 atom stereocenters. The summed E-state index contributed by atoms with van der Waals surface area (Å²) in [4.78, 5) is 24.4. The van der Waals surface area contributed by atoms with Gasteiger partial charge in [0.1, 0.15) is 0 Å². The van der Waals surface area contributed by atoms with Crippen LogP contribution in [0.25, 0.3) is 0 Å². The molecule has 4 rings (SSSR count). The molecule has 4 aliphatic carbocycles. The summed E-state index contributed by atoms with van der Waals surface area (Å²) in [7, 11) is 0. The van der Waals surface area contributed by atoms with Crippen LogP contribution in [0.4, 0.5) is 0 Å². The molecule has 0 aliphatic heterocycles. The molecule has 0 amide bonds. The van der Waals surface area contributed by atoms with Crippen molar-refractivity contribution in [2.75, 3.05) is 0 Å². The third kappa shape index (κ3) is 3.82. The first-order valence-corrected chi connectivity index (χ1v) is 13.1. The highest BCUT2D eigenvalue weighted by molar-refractivity contribution is 5.95. The van der Waals surface area contributed by atoms with E-state index in [2.05, 4.69) is 0 Å². The number of aliphatic hydroxyl groups excluding tert-OH is 3. The maximum absolute atomic E-state index is 13.2. The normalized spacial score (nSPS) is 46.5. The van der Waals surface area contributed by atoms with Crippen LogP contribution in [0.15, 0.2) is 11.6 Å². The first kappa shape index (κ1) is 26.7. The van der Waals surface area contributed by atoms with Crippen molar-refractivity contribution in [3.05, 3.63) is 11.6 Å². The molecule has 198 valence electrons. The van der Waals surface area contributed by atoms with Gasteiger partial charge < -0.3 is 30.6 Å². The smallest absolute Gasteiger partial charge is 0.306 e. The second-order valence-corrected chi connectivity index (χ2v) is 12.7. The second-order valence-electron chi connectivity index (χ2n) is 12.7. The molecule has 0 heterocycles. The van der Waals surface area contributed by atoms with E-state index in [9.17, 15) is 35.1 Å². The van der Waals surface area contributed by atoms with Crippen LogP contribution in [0.1, 0.15) is 79.1 Å². The van der Waals surface area contributed by atoms with Crippen molar-refractivity contribution in [1.82, 2.24) is 0 Å². The van der Waals surface area contributed by atoms with Gasteiger partial charge in [-0.15, -0.1) is 0 Å². The number of carbonyl (C=O) groups is 2. The van der Waals surface area contributed by atoms with Crippen LogP contribution >= 0.6 is 0 Å². The number of carboxylic acid groups (broad SMARTS) is 1. The van der Waals surface area contributed by atoms with E-state index in [1.165, 1.54) is 0 Å². The van der Waals surface area contributed by atoms with Crippen LogP contribution in [0.5, 0.6) is 0 Å². The molecule has 3 unspecified atom stereocenters. The second kappa shape index (κ2) is 8.62. The average Bonchev–Trinajstić information content (AvgIpc) is 3.06. The minimum Gasteiger partial charge on any atom is -0.481 e. The number of ketones is 1. The monoisotopic (exact) mass is 494 g/mol. The third-order valence-corrected chi connectivity index (χ3v) is 10.8. The summed E-state index contributed by atoms with van der Waals surface area (Å²) in [5, 5.41) is 64.5. The number of aliphatic hydroxyl groups is 5. The van der Waals surface area contributed by atoms with Crippen LogP contribution < -0.4 is 0 Å². The number of aliphatic carboxylic acids is 1. The van der Waals surface area contributed by atoms with E-state index in [1.807, 2.05) is 13.8 Å². The van der Waals surface area contributed by atoms with Crippen LogP contribution in [0.2, 0.25) is 0 Å². The molecule has 3 saturated carbocycles. The number of hydrogen-bond acceptors (Lipinski definition) is 7. The molecule has 0 radical (unpaired) electrons. The molecule has 0 aromatic rings. The summed E-state index contributed by atoms with van der Waals surface area (Å²) in [5.74, 6) is -2.67. The van der Waals surface area contributed by atoms with Crippen molar-refractivity contribution in [2.24, 2.45) is 34.5 Å². The average molecular weight is 495 g/mol. The molecule has 6 N–H and O–H groups in total. The number of rotatable bonds is 6. The number of carbonyl (C=O) groups excluding carboxylic acids is 1. The first-order valence-electron chi connectivity index (χ1n) is 13.1. The molecule has 0 saturated heterocycles. The van der Waals surface area contributed by atoms with Crippen LogP contribution in [-0.2, 0) is 9.59 Å². The van der Waals surface area contributed by atoms with Gasteiger partial charge >= 0.3 is 5.97 Å². The first-order chi connectivity index (χ1) is 16.1. The van der Waals surface area contributed by atoms with Crippen molar-refractivity contribution in [3.8, 4) is 0 Å². The Bertz CT molecular complexity index is 913. The molecule has 8 nitrogen and oxygen atoms in total. The summed E-state index contributed by atoms with van der Waals surface area (Å²) >= 11 is 0. The number of hydrogen-bond donors (Lipinski definition) is 6. The molecule has 0 spiro atoms. The standard InChI is InChI=1S/C27H42O8/c1-14(23(32)33)5-6-22(31)26(4,34)21-8-10-27(35)16-11-18(28)17-12-19(29)20(30)13-24(17,2)15(16)7-9-25(21,27)3/h11,14-15,17,19-22,29-31,34-35H,5-10,12-13H2,1-4H3,(H,32,33)/t14?,15?,17?,19-,20+,21+,22-,24-,25-,26+,27-/m1/s1. The fourth-order valence-corrected chi connectivity index (χ4v) is 8.36. The lowest BCUT2D eigenvalue weighted by molar-refractivity contribution is -0.176. The lowest BCUT2D eigenvalue weighted by atomic mass is 9.45. The Hall–Kier alpha value is -1.32. The van der Waals surface area contributed by atoms with Gasteiger partial charge in [-0.3, -0.25) is 9.59 Å². The van der Waals surface area contributed by atoms with Gasteiger partial charge in [0.05, 0.1) is 35.4 Å². The van der Waals surface area contributed by atoms with E-state index in [-0.39, 0.29) is 31.0 Å². The Morgan fingerprint density at radius 2 is 1.80 bits per heavy atom. The van der Waals surface area contributed by atoms with E-state index in [0.29, 0.717) is 37.7 Å². The van der Waals surface area contributed by atoms with E-state index < -0.39 is 64.1 Å². The van der Waals surface area contributed by atoms with Crippen LogP contribution in [0.3, 0.4) is 0 Å². The van der Waals surface area contributed by atoms with Gasteiger partial charge in [0.2, 0.25) is 0 Å². The highest BCUT2D eigenvalue weighted by Gasteiger charge is 2.69. The highest BCUT2D eigenvalue weighted by atomic mass is 16.4. The summed E-state index contributed by atoms with van der Waals surface area (Å²) in [6.45, 7) is 7.07. The molecule has 4 aliphatic rings. The fraction of sp³-hybridized carbons (Fsp3) is 0.852. The molecule has 0 aromatic heterocycles. The van der Waals surface area contributed by atoms with Crippen LogP contribution in [0, 0.1) is 34.5 Å². The number of carboxylic acids is 1. The van der Waals surface area contributed by atoms with Gasteiger partial charge in [0, 0.05) is 11.3 Å². The Balaban J connectivity index is 1.64. The Morgan fingerprint density at radius 1 is 1.14 bits per heavy atom. The van der Waals surface area contributed by atoms with Gasteiger partial charge in [-0.1, -0.05) is 20.8 Å². The molecule has 8 heteroatoms. The largest absolute Gasteiger partial charge is 0.481 e. The van der Waals surface area contributed by atoms with Gasteiger partial charge in [-0.05, 0) is 87.2 Å². The molecule has 35 heavy (non-hydrogen) atoms. The summed E-state index contributed by atoms with van der Waals surface area (Å²) < 4.78 is 0. The third-order valence-electron chi connectivity index (χ3n) is 10.8. The zero-order valence-electron chi connectivity index (χ0n) is 21.3. The maximum atomic E-state index is 13.2. The number of allylic oxidation sites excluding steroid dienone is 1. The zero-order valence-corrected chi connectivity index (χ0v) is 21.3. The Morgan fingerprint density at radius 3 is 2.43 bits per heavy atom. The summed E-state index contributed by atoms with van der Waals surface area (Å²) in [6.07, 6.45) is 1.52. The minimum atomic E-state index is -1.54. The van der Waals surface area contributed by atoms with Crippen molar-refractivity contribution < 1.29 is 40.2 Å². The Kier molecular flexibility index (Phi) is 6.59. The summed E-state index contributed by atoms with van der Waals surface area (Å²) in [5.41, 5.74) is -3.55. The van der Waals surface area contributed by atoms with E-state index in [4.69, 9.17) is 5.11 Å². The predicted molar refractivity (Wildman–Crippen MR) is 127 cm³/mol. The van der Waals surface area contributed by atoms with Gasteiger partial charge in [-0.25, -0.2) is 0 Å². The maximum Gasteiger partial charge on any atom is 0.306 e. The number of fused-ring (bicyclic) bond motifs is 5. The van der Waals surface area contributed by atoms with E-state index in [0.717, 1.165) is 0 Å². The van der Waals surface area contributed by atoms with E-state index >= 15 is 0 Å². The van der Waals surface area contributed by atoms with Gasteiger partial charge in [-0.2, -0.15) is 0 Å². The lowest BCUT2D eigenvalue weighted by Crippen LogP contribution is -2.62. The van der Waals surface area contributed by atoms with Crippen LogP contribution in [-0.4, -0.2) is 71.9 Å². The molecular weight excluding hydrogens is 452 g/mol. The minimum absolute atomic E-state index is 0.115. The van der Waals surface area contributed by atoms with Crippen molar-refractivity contribution in [1.29, 1.82) is 0 Å². The lowest BCUT2D eigenvalue weighted by Gasteiger charge is -2.60. The Labute approximate surface area is 207 Å². The molecular formula is C27H42O8. The molecule has 0 bridgehead atoms. The van der Waals surface area contributed by atoms with E-state index in [1.54, 1.807) is 19.9 Å². The van der Waals surface area contributed by atoms with Crippen molar-refractivity contribution >= 4 is 11.8 Å². The SMILES string of the molecule is CC(CC[C@@H](O)[C@@](C)(O)[C@H]1CC[C@@]2(O)C3=CC(=O)C4C[C@@H](O)[C@@H](O)C[C@]4(C)C3CC[C@]12C)C(=O)O. The fourth-order valence-electron chi connectivity index (χ4n) is 8.36. The quantitative estimate of drug-likeness (QED) is 0.327. The summed E-state index contributed by atoms with van der Waals surface area (Å²) in [6, 6.07) is 0. The topological polar surface area (TPSA) is 156 Å².